The van der Waals surface area contributed by atoms with E-state index in [1.807, 2.05) is 45.0 Å². The second-order valence-electron chi connectivity index (χ2n) is 6.33. The molecule has 5 heteroatoms. The summed E-state index contributed by atoms with van der Waals surface area (Å²) in [6.45, 7) is 9.62. The van der Waals surface area contributed by atoms with E-state index in [9.17, 15) is 4.79 Å². The molecule has 1 aliphatic rings. The van der Waals surface area contributed by atoms with Crippen molar-refractivity contribution in [3.63, 3.8) is 0 Å². The third-order valence-electron chi connectivity index (χ3n) is 3.07. The van der Waals surface area contributed by atoms with Crippen LogP contribution in [-0.2, 0) is 11.8 Å². The van der Waals surface area contributed by atoms with Gasteiger partial charge in [-0.2, -0.15) is 5.10 Å². The Balaban J connectivity index is 0.000000276. The number of carbonyl (C=O) groups is 1. The van der Waals surface area contributed by atoms with E-state index in [1.54, 1.807) is 10.9 Å². The molecule has 1 aromatic heterocycles. The fraction of sp³-hybridized carbons (Fsp3) is 0.733. The standard InChI is InChI=1S/C11H21NO2.C4H6N2/c1-9-5-7-12(8-6-9)10(13)14-11(2,3)4;1-6-4-2-3-5-6/h9H,5-8H2,1-4H3;2-4H,1H3. The van der Waals surface area contributed by atoms with Gasteiger partial charge in [0.2, 0.25) is 0 Å². The Morgan fingerprint density at radius 2 is 1.90 bits per heavy atom. The zero-order valence-electron chi connectivity index (χ0n) is 13.3. The molecule has 2 rings (SSSR count). The van der Waals surface area contributed by atoms with Gasteiger partial charge in [0.05, 0.1) is 0 Å². The average molecular weight is 281 g/mol. The van der Waals surface area contributed by atoms with Crippen LogP contribution in [0, 0.1) is 5.92 Å². The monoisotopic (exact) mass is 281 g/mol. The zero-order valence-corrected chi connectivity index (χ0v) is 13.3. The summed E-state index contributed by atoms with van der Waals surface area (Å²) < 4.78 is 7.05. The minimum atomic E-state index is -0.375. The molecule has 0 radical (unpaired) electrons. The molecule has 0 saturated carbocycles. The number of amides is 1. The smallest absolute Gasteiger partial charge is 0.410 e. The van der Waals surface area contributed by atoms with E-state index in [0.29, 0.717) is 0 Å². The maximum Gasteiger partial charge on any atom is 0.410 e. The Labute approximate surface area is 121 Å². The molecule has 0 atom stereocenters. The van der Waals surface area contributed by atoms with E-state index in [-0.39, 0.29) is 11.7 Å². The minimum Gasteiger partial charge on any atom is -0.444 e. The zero-order chi connectivity index (χ0) is 15.2. The van der Waals surface area contributed by atoms with E-state index in [1.165, 1.54) is 0 Å². The Morgan fingerprint density at radius 3 is 2.25 bits per heavy atom. The summed E-state index contributed by atoms with van der Waals surface area (Å²) in [7, 11) is 1.89. The number of aryl methyl sites for hydroxylation is 1. The summed E-state index contributed by atoms with van der Waals surface area (Å²) in [6.07, 6.45) is 5.67. The number of ether oxygens (including phenoxy) is 1. The second-order valence-corrected chi connectivity index (χ2v) is 6.33. The summed E-state index contributed by atoms with van der Waals surface area (Å²) in [5.74, 6) is 0.744. The van der Waals surface area contributed by atoms with E-state index in [4.69, 9.17) is 4.74 Å². The molecule has 0 aromatic carbocycles. The van der Waals surface area contributed by atoms with E-state index in [2.05, 4.69) is 12.0 Å². The maximum absolute atomic E-state index is 11.6. The van der Waals surface area contributed by atoms with Gasteiger partial charge in [-0.05, 0) is 45.6 Å². The van der Waals surface area contributed by atoms with Crippen LogP contribution in [0.1, 0.15) is 40.5 Å². The quantitative estimate of drug-likeness (QED) is 0.734. The molecule has 0 unspecified atom stereocenters. The maximum atomic E-state index is 11.6. The van der Waals surface area contributed by atoms with Crippen LogP contribution in [0.25, 0.3) is 0 Å². The number of aromatic nitrogens is 2. The lowest BCUT2D eigenvalue weighted by molar-refractivity contribution is 0.0190. The first-order valence-corrected chi connectivity index (χ1v) is 7.19. The Kier molecular flexibility index (Phi) is 6.05. The molecule has 2 heterocycles. The molecular weight excluding hydrogens is 254 g/mol. The fourth-order valence-electron chi connectivity index (χ4n) is 1.86. The molecule has 20 heavy (non-hydrogen) atoms. The van der Waals surface area contributed by atoms with Crippen molar-refractivity contribution in [2.24, 2.45) is 13.0 Å². The van der Waals surface area contributed by atoms with Crippen LogP contribution in [0.2, 0.25) is 0 Å². The molecular formula is C15H27N3O2. The van der Waals surface area contributed by atoms with E-state index < -0.39 is 0 Å². The van der Waals surface area contributed by atoms with Crippen molar-refractivity contribution < 1.29 is 9.53 Å². The molecule has 1 saturated heterocycles. The summed E-state index contributed by atoms with van der Waals surface area (Å²) >= 11 is 0. The van der Waals surface area contributed by atoms with Crippen LogP contribution in [-0.4, -0.2) is 39.5 Å². The fourth-order valence-corrected chi connectivity index (χ4v) is 1.86. The molecule has 1 amide bonds. The van der Waals surface area contributed by atoms with Crippen LogP contribution in [0.4, 0.5) is 4.79 Å². The van der Waals surface area contributed by atoms with Gasteiger partial charge in [-0.15, -0.1) is 0 Å². The second kappa shape index (κ2) is 7.31. The van der Waals surface area contributed by atoms with Crippen LogP contribution >= 0.6 is 0 Å². The Bertz CT molecular complexity index is 388. The molecule has 1 aliphatic heterocycles. The molecule has 1 aromatic rings. The van der Waals surface area contributed by atoms with Gasteiger partial charge in [-0.1, -0.05) is 6.92 Å². The van der Waals surface area contributed by atoms with Gasteiger partial charge in [0.1, 0.15) is 5.60 Å². The van der Waals surface area contributed by atoms with Crippen molar-refractivity contribution >= 4 is 6.09 Å². The van der Waals surface area contributed by atoms with Crippen molar-refractivity contribution in [2.45, 2.75) is 46.1 Å². The highest BCUT2D eigenvalue weighted by molar-refractivity contribution is 5.68. The Hall–Kier alpha value is -1.52. The molecule has 1 fully saturated rings. The van der Waals surface area contributed by atoms with E-state index in [0.717, 1.165) is 31.8 Å². The normalized spacial score (nSPS) is 16.4. The lowest BCUT2D eigenvalue weighted by atomic mass is 10.00. The highest BCUT2D eigenvalue weighted by Gasteiger charge is 2.24. The number of rotatable bonds is 0. The van der Waals surface area contributed by atoms with Crippen molar-refractivity contribution in [1.29, 1.82) is 0 Å². The Morgan fingerprint density at radius 1 is 1.30 bits per heavy atom. The highest BCUT2D eigenvalue weighted by Crippen LogP contribution is 2.18. The molecule has 0 spiro atoms. The summed E-state index contributed by atoms with van der Waals surface area (Å²) in [4.78, 5) is 13.4. The lowest BCUT2D eigenvalue weighted by Crippen LogP contribution is -2.41. The first-order chi connectivity index (χ1) is 9.28. The van der Waals surface area contributed by atoms with Crippen LogP contribution < -0.4 is 0 Å². The third-order valence-corrected chi connectivity index (χ3v) is 3.07. The number of hydrogen-bond acceptors (Lipinski definition) is 3. The molecule has 114 valence electrons. The minimum absolute atomic E-state index is 0.163. The van der Waals surface area contributed by atoms with Crippen molar-refractivity contribution in [1.82, 2.24) is 14.7 Å². The SMILES string of the molecule is CC1CCN(C(=O)OC(C)(C)C)CC1.Cn1cccn1. The highest BCUT2D eigenvalue weighted by atomic mass is 16.6. The molecule has 0 bridgehead atoms. The first-order valence-electron chi connectivity index (χ1n) is 7.19. The van der Waals surface area contributed by atoms with Crippen molar-refractivity contribution in [3.8, 4) is 0 Å². The van der Waals surface area contributed by atoms with Gasteiger partial charge in [0.15, 0.2) is 0 Å². The summed E-state index contributed by atoms with van der Waals surface area (Å²) in [6, 6.07) is 1.89. The number of likely N-dealkylation sites (tertiary alicyclic amines) is 1. The van der Waals surface area contributed by atoms with Gasteiger partial charge in [0, 0.05) is 32.5 Å². The number of piperidine rings is 1. The molecule has 5 nitrogen and oxygen atoms in total. The van der Waals surface area contributed by atoms with Crippen molar-refractivity contribution in [3.05, 3.63) is 18.5 Å². The number of nitrogens with zero attached hydrogens (tertiary/aromatic N) is 3. The van der Waals surface area contributed by atoms with Gasteiger partial charge in [-0.3, -0.25) is 4.68 Å². The van der Waals surface area contributed by atoms with Gasteiger partial charge in [-0.25, -0.2) is 4.79 Å². The first kappa shape index (κ1) is 16.5. The molecule has 0 aliphatic carbocycles. The predicted octanol–water partition coefficient (Wildman–Crippen LogP) is 3.07. The van der Waals surface area contributed by atoms with Crippen LogP contribution in [0.5, 0.6) is 0 Å². The van der Waals surface area contributed by atoms with Crippen molar-refractivity contribution in [2.75, 3.05) is 13.1 Å². The van der Waals surface area contributed by atoms with Gasteiger partial charge >= 0.3 is 6.09 Å². The average Bonchev–Trinajstić information content (AvgIpc) is 2.79. The summed E-state index contributed by atoms with van der Waals surface area (Å²) in [5.41, 5.74) is -0.375. The number of hydrogen-bond donors (Lipinski definition) is 0. The van der Waals surface area contributed by atoms with E-state index >= 15 is 0 Å². The van der Waals surface area contributed by atoms with Crippen LogP contribution in [0.15, 0.2) is 18.5 Å². The third kappa shape index (κ3) is 6.59. The lowest BCUT2D eigenvalue weighted by Gasteiger charge is -2.32. The largest absolute Gasteiger partial charge is 0.444 e. The summed E-state index contributed by atoms with van der Waals surface area (Å²) in [5, 5.41) is 3.83. The van der Waals surface area contributed by atoms with Crippen LogP contribution in [0.3, 0.4) is 0 Å². The van der Waals surface area contributed by atoms with Gasteiger partial charge < -0.3 is 9.64 Å². The molecule has 0 N–H and O–H groups in total. The topological polar surface area (TPSA) is 47.4 Å². The number of carbonyl (C=O) groups excluding carboxylic acids is 1. The predicted molar refractivity (Wildman–Crippen MR) is 79.4 cm³/mol. The van der Waals surface area contributed by atoms with Gasteiger partial charge in [0.25, 0.3) is 0 Å².